The van der Waals surface area contributed by atoms with Gasteiger partial charge in [-0.15, -0.1) is 0 Å². The largest absolute Gasteiger partial charge is 0.351 e. The molecule has 4 aromatic heterocycles. The molecule has 23 heavy (non-hydrogen) atoms. The summed E-state index contributed by atoms with van der Waals surface area (Å²) in [5.74, 6) is 0. The van der Waals surface area contributed by atoms with Gasteiger partial charge < -0.3 is 4.98 Å². The summed E-state index contributed by atoms with van der Waals surface area (Å²) in [7, 11) is 0. The second-order valence-electron chi connectivity index (χ2n) is 4.59. The van der Waals surface area contributed by atoms with Gasteiger partial charge in [0.25, 0.3) is 0 Å². The molecule has 0 saturated heterocycles. The lowest BCUT2D eigenvalue weighted by atomic mass is 10.1. The highest BCUT2D eigenvalue weighted by atomic mass is 14.8. The summed E-state index contributed by atoms with van der Waals surface area (Å²) in [6.45, 7) is 0. The summed E-state index contributed by atoms with van der Waals surface area (Å²) in [4.78, 5) is 19.6. The zero-order valence-corrected chi connectivity index (χ0v) is 12.4. The smallest absolute Gasteiger partial charge is 0.0980 e. The number of hydrogen-bond acceptors (Lipinski definition) is 4. The van der Waals surface area contributed by atoms with Gasteiger partial charge in [-0.25, -0.2) is 4.98 Å². The maximum atomic E-state index is 4.42. The van der Waals surface area contributed by atoms with E-state index >= 15 is 0 Å². The molecule has 0 aromatic carbocycles. The van der Waals surface area contributed by atoms with Crippen molar-refractivity contribution >= 4 is 0 Å². The summed E-state index contributed by atoms with van der Waals surface area (Å²) in [6.07, 6.45) is 10.4. The standard InChI is InChI=1S/C15H11N3.C3H4N2/c1-3-9-16-13(7-1)12-6-5-11-18-15(12)14-8-2-4-10-17-14;1-2-5-3-4-1/h1-11H;1-3H,(H,4,5). The van der Waals surface area contributed by atoms with E-state index < -0.39 is 0 Å². The summed E-state index contributed by atoms with van der Waals surface area (Å²) in [5.41, 5.74) is 3.62. The van der Waals surface area contributed by atoms with Gasteiger partial charge in [0, 0.05) is 36.5 Å². The van der Waals surface area contributed by atoms with Crippen LogP contribution in [0.1, 0.15) is 0 Å². The average Bonchev–Trinajstić information content (AvgIpc) is 3.23. The Morgan fingerprint density at radius 3 is 1.96 bits per heavy atom. The van der Waals surface area contributed by atoms with E-state index in [-0.39, 0.29) is 0 Å². The van der Waals surface area contributed by atoms with Crippen LogP contribution in [0.4, 0.5) is 0 Å². The molecule has 0 spiro atoms. The molecule has 0 amide bonds. The molecule has 4 aromatic rings. The second kappa shape index (κ2) is 7.61. The first kappa shape index (κ1) is 14.6. The molecule has 0 aliphatic rings. The van der Waals surface area contributed by atoms with Crippen molar-refractivity contribution in [2.24, 2.45) is 0 Å². The van der Waals surface area contributed by atoms with Gasteiger partial charge in [0.15, 0.2) is 0 Å². The molecule has 112 valence electrons. The Morgan fingerprint density at radius 1 is 0.652 bits per heavy atom. The van der Waals surface area contributed by atoms with Crippen LogP contribution >= 0.6 is 0 Å². The van der Waals surface area contributed by atoms with Crippen molar-refractivity contribution in [3.8, 4) is 22.6 Å². The van der Waals surface area contributed by atoms with Crippen molar-refractivity contribution in [2.45, 2.75) is 0 Å². The van der Waals surface area contributed by atoms with Gasteiger partial charge in [-0.05, 0) is 36.4 Å². The van der Waals surface area contributed by atoms with E-state index in [1.54, 1.807) is 37.3 Å². The first-order valence-electron chi connectivity index (χ1n) is 7.16. The highest BCUT2D eigenvalue weighted by Crippen LogP contribution is 2.26. The predicted octanol–water partition coefficient (Wildman–Crippen LogP) is 3.62. The highest BCUT2D eigenvalue weighted by Gasteiger charge is 2.09. The number of rotatable bonds is 2. The number of aromatic amines is 1. The first-order chi connectivity index (χ1) is 11.4. The SMILES string of the molecule is c1c[nH]cn1.c1ccc(-c2cccnc2-c2ccccn2)nc1. The third-order valence-electron chi connectivity index (χ3n) is 3.06. The molecule has 4 heterocycles. The number of nitrogens with zero attached hydrogens (tertiary/aromatic N) is 4. The van der Waals surface area contributed by atoms with E-state index in [0.717, 1.165) is 22.6 Å². The van der Waals surface area contributed by atoms with E-state index in [9.17, 15) is 0 Å². The number of aromatic nitrogens is 5. The molecule has 0 fully saturated rings. The van der Waals surface area contributed by atoms with Crippen LogP contribution in [0.15, 0.2) is 85.8 Å². The van der Waals surface area contributed by atoms with Crippen molar-refractivity contribution in [3.63, 3.8) is 0 Å². The number of H-pyrrole nitrogens is 1. The zero-order valence-electron chi connectivity index (χ0n) is 12.4. The average molecular weight is 301 g/mol. The summed E-state index contributed by atoms with van der Waals surface area (Å²) < 4.78 is 0. The van der Waals surface area contributed by atoms with Crippen LogP contribution in [-0.4, -0.2) is 24.9 Å². The van der Waals surface area contributed by atoms with Crippen LogP contribution in [0.5, 0.6) is 0 Å². The Labute approximate surface area is 134 Å². The third-order valence-corrected chi connectivity index (χ3v) is 3.06. The molecule has 0 radical (unpaired) electrons. The minimum Gasteiger partial charge on any atom is -0.351 e. The van der Waals surface area contributed by atoms with Gasteiger partial charge in [-0.2, -0.15) is 0 Å². The Hall–Kier alpha value is -3.34. The maximum absolute atomic E-state index is 4.42. The predicted molar refractivity (Wildman–Crippen MR) is 89.3 cm³/mol. The summed E-state index contributed by atoms with van der Waals surface area (Å²) in [6, 6.07) is 15.6. The topological polar surface area (TPSA) is 67.3 Å². The van der Waals surface area contributed by atoms with Crippen LogP contribution in [0.3, 0.4) is 0 Å². The van der Waals surface area contributed by atoms with Gasteiger partial charge >= 0.3 is 0 Å². The van der Waals surface area contributed by atoms with Crippen LogP contribution in [-0.2, 0) is 0 Å². The van der Waals surface area contributed by atoms with Crippen molar-refractivity contribution in [1.29, 1.82) is 0 Å². The van der Waals surface area contributed by atoms with Gasteiger partial charge in [0.2, 0.25) is 0 Å². The highest BCUT2D eigenvalue weighted by molar-refractivity contribution is 5.76. The number of imidazole rings is 1. The molecule has 4 rings (SSSR count). The van der Waals surface area contributed by atoms with Gasteiger partial charge in [0.05, 0.1) is 23.4 Å². The Morgan fingerprint density at radius 2 is 1.39 bits per heavy atom. The molecule has 5 heteroatoms. The third kappa shape index (κ3) is 3.85. The fourth-order valence-corrected chi connectivity index (χ4v) is 2.06. The molecule has 1 N–H and O–H groups in total. The second-order valence-corrected chi connectivity index (χ2v) is 4.59. The number of pyridine rings is 3. The van der Waals surface area contributed by atoms with Gasteiger partial charge in [-0.3, -0.25) is 15.0 Å². The zero-order chi connectivity index (χ0) is 15.7. The Kier molecular flexibility index (Phi) is 4.83. The van der Waals surface area contributed by atoms with E-state index in [1.807, 2.05) is 48.5 Å². The van der Waals surface area contributed by atoms with Gasteiger partial charge in [0.1, 0.15) is 0 Å². The van der Waals surface area contributed by atoms with E-state index in [4.69, 9.17) is 0 Å². The molecule has 0 unspecified atom stereocenters. The molecule has 0 saturated carbocycles. The summed E-state index contributed by atoms with van der Waals surface area (Å²) >= 11 is 0. The lowest BCUT2D eigenvalue weighted by Gasteiger charge is -2.06. The number of nitrogens with one attached hydrogen (secondary N) is 1. The van der Waals surface area contributed by atoms with Crippen molar-refractivity contribution in [2.75, 3.05) is 0 Å². The quantitative estimate of drug-likeness (QED) is 0.614. The van der Waals surface area contributed by atoms with Crippen molar-refractivity contribution in [3.05, 3.63) is 85.8 Å². The molecular weight excluding hydrogens is 286 g/mol. The van der Waals surface area contributed by atoms with E-state index in [0.29, 0.717) is 0 Å². The molecule has 5 nitrogen and oxygen atoms in total. The number of hydrogen-bond donors (Lipinski definition) is 1. The lowest BCUT2D eigenvalue weighted by Crippen LogP contribution is -1.92. The monoisotopic (exact) mass is 301 g/mol. The molecule has 0 aliphatic carbocycles. The minimum atomic E-state index is 0.858. The summed E-state index contributed by atoms with van der Waals surface area (Å²) in [5, 5.41) is 0. The van der Waals surface area contributed by atoms with Crippen LogP contribution in [0.2, 0.25) is 0 Å². The maximum Gasteiger partial charge on any atom is 0.0980 e. The lowest BCUT2D eigenvalue weighted by molar-refractivity contribution is 1.23. The minimum absolute atomic E-state index is 0.858. The van der Waals surface area contributed by atoms with Crippen LogP contribution in [0, 0.1) is 0 Å². The fraction of sp³-hybridized carbons (Fsp3) is 0. The normalized spacial score (nSPS) is 9.74. The molecular formula is C18H15N5. The van der Waals surface area contributed by atoms with Crippen LogP contribution in [0.25, 0.3) is 22.6 Å². The Balaban J connectivity index is 0.000000267. The van der Waals surface area contributed by atoms with Gasteiger partial charge in [-0.1, -0.05) is 12.1 Å². The fourth-order valence-electron chi connectivity index (χ4n) is 2.06. The van der Waals surface area contributed by atoms with E-state index in [2.05, 4.69) is 24.9 Å². The van der Waals surface area contributed by atoms with Crippen molar-refractivity contribution < 1.29 is 0 Å². The molecule has 0 bridgehead atoms. The van der Waals surface area contributed by atoms with E-state index in [1.165, 1.54) is 0 Å². The Bertz CT molecular complexity index is 739. The van der Waals surface area contributed by atoms with Crippen molar-refractivity contribution in [1.82, 2.24) is 24.9 Å². The molecule has 0 atom stereocenters. The first-order valence-corrected chi connectivity index (χ1v) is 7.16. The molecule has 0 aliphatic heterocycles. The van der Waals surface area contributed by atoms with Crippen LogP contribution < -0.4 is 0 Å².